The lowest BCUT2D eigenvalue weighted by Crippen LogP contribution is -2.56. The van der Waals surface area contributed by atoms with E-state index in [4.69, 9.17) is 5.11 Å². The van der Waals surface area contributed by atoms with Crippen LogP contribution in [0.1, 0.15) is 53.9 Å². The van der Waals surface area contributed by atoms with Crippen LogP contribution in [0.4, 0.5) is 4.79 Å². The van der Waals surface area contributed by atoms with Gasteiger partial charge in [0, 0.05) is 24.7 Å². The largest absolute Gasteiger partial charge is 0.481 e. The molecule has 1 saturated heterocycles. The summed E-state index contributed by atoms with van der Waals surface area (Å²) in [5.74, 6) is -0.358. The summed E-state index contributed by atoms with van der Waals surface area (Å²) in [7, 11) is 0. The maximum atomic E-state index is 12.8. The molecule has 1 rings (SSSR count). The summed E-state index contributed by atoms with van der Waals surface area (Å²) in [6.45, 7) is 11.1. The zero-order chi connectivity index (χ0) is 15.5. The lowest BCUT2D eigenvalue weighted by molar-refractivity contribution is -0.137. The third-order valence-corrected chi connectivity index (χ3v) is 3.95. The number of nitrogens with zero attached hydrogens (tertiary/aromatic N) is 2. The number of carboxylic acids is 1. The average Bonchev–Trinajstić information content (AvgIpc) is 2.30. The van der Waals surface area contributed by atoms with Crippen LogP contribution in [0.3, 0.4) is 0 Å². The van der Waals surface area contributed by atoms with Gasteiger partial charge in [0.1, 0.15) is 0 Å². The van der Waals surface area contributed by atoms with E-state index in [1.807, 2.05) is 25.7 Å². The van der Waals surface area contributed by atoms with Crippen molar-refractivity contribution in [2.24, 2.45) is 5.92 Å². The normalized spacial score (nSPS) is 23.6. The van der Waals surface area contributed by atoms with Crippen molar-refractivity contribution in [3.63, 3.8) is 0 Å². The van der Waals surface area contributed by atoms with Crippen LogP contribution in [0, 0.1) is 5.92 Å². The molecule has 1 aliphatic rings. The second-order valence-electron chi connectivity index (χ2n) is 6.93. The minimum atomic E-state index is -0.868. The summed E-state index contributed by atoms with van der Waals surface area (Å²) in [6.07, 6.45) is 2.15. The van der Waals surface area contributed by atoms with E-state index in [2.05, 4.69) is 13.8 Å². The summed E-state index contributed by atoms with van der Waals surface area (Å²) in [6, 6.07) is 0.200. The van der Waals surface area contributed by atoms with Gasteiger partial charge in [0.05, 0.1) is 6.42 Å². The van der Waals surface area contributed by atoms with Crippen molar-refractivity contribution in [3.8, 4) is 0 Å². The molecule has 2 amide bonds. The Morgan fingerprint density at radius 1 is 1.25 bits per heavy atom. The van der Waals surface area contributed by atoms with Crippen LogP contribution in [-0.2, 0) is 4.79 Å². The number of carbonyl (C=O) groups excluding carboxylic acids is 1. The predicted octanol–water partition coefficient (Wildman–Crippen LogP) is 2.80. The van der Waals surface area contributed by atoms with Gasteiger partial charge >= 0.3 is 12.0 Å². The Morgan fingerprint density at radius 3 is 2.35 bits per heavy atom. The number of hydrogen-bond acceptors (Lipinski definition) is 2. The molecular formula is C15H28N2O3. The lowest BCUT2D eigenvalue weighted by atomic mass is 9.95. The molecule has 0 aromatic heterocycles. The van der Waals surface area contributed by atoms with Gasteiger partial charge in [-0.05, 0) is 46.5 Å². The topological polar surface area (TPSA) is 60.9 Å². The Bertz CT molecular complexity index is 363. The number of amides is 2. The number of aliphatic carboxylic acids is 1. The van der Waals surface area contributed by atoms with Crippen molar-refractivity contribution in [1.29, 1.82) is 0 Å². The third kappa shape index (κ3) is 4.39. The molecule has 1 heterocycles. The molecule has 0 aromatic carbocycles. The number of carbonyl (C=O) groups is 2. The summed E-state index contributed by atoms with van der Waals surface area (Å²) in [5, 5.41) is 8.86. The summed E-state index contributed by atoms with van der Waals surface area (Å²) in [5.41, 5.74) is -0.368. The van der Waals surface area contributed by atoms with E-state index in [1.165, 1.54) is 0 Å². The summed E-state index contributed by atoms with van der Waals surface area (Å²) >= 11 is 0. The Labute approximate surface area is 121 Å². The number of likely N-dealkylation sites (tertiary alicyclic amines) is 1. The Hall–Kier alpha value is -1.26. The van der Waals surface area contributed by atoms with Crippen LogP contribution >= 0.6 is 0 Å². The lowest BCUT2D eigenvalue weighted by Gasteiger charge is -2.44. The molecular weight excluding hydrogens is 256 g/mol. The molecule has 0 spiro atoms. The first-order chi connectivity index (χ1) is 9.12. The fourth-order valence-electron chi connectivity index (χ4n) is 2.64. The molecule has 2 atom stereocenters. The van der Waals surface area contributed by atoms with Crippen molar-refractivity contribution in [1.82, 2.24) is 9.80 Å². The van der Waals surface area contributed by atoms with Gasteiger partial charge in [-0.25, -0.2) is 4.79 Å². The van der Waals surface area contributed by atoms with Crippen molar-refractivity contribution in [2.75, 3.05) is 13.1 Å². The summed E-state index contributed by atoms with van der Waals surface area (Å²) < 4.78 is 0. The Balaban J connectivity index is 2.83. The van der Waals surface area contributed by atoms with E-state index in [0.717, 1.165) is 19.4 Å². The number of hydrogen-bond donors (Lipinski definition) is 1. The highest BCUT2D eigenvalue weighted by molar-refractivity contribution is 5.76. The second kappa shape index (κ2) is 6.46. The predicted molar refractivity (Wildman–Crippen MR) is 78.7 cm³/mol. The van der Waals surface area contributed by atoms with E-state index >= 15 is 0 Å². The zero-order valence-electron chi connectivity index (χ0n) is 13.3. The first-order valence-electron chi connectivity index (χ1n) is 7.43. The van der Waals surface area contributed by atoms with Crippen molar-refractivity contribution >= 4 is 12.0 Å². The number of urea groups is 1. The van der Waals surface area contributed by atoms with Crippen LogP contribution in [-0.4, -0.2) is 51.6 Å². The fraction of sp³-hybridized carbons (Fsp3) is 0.867. The molecule has 1 N–H and O–H groups in total. The van der Waals surface area contributed by atoms with Crippen LogP contribution in [0.15, 0.2) is 0 Å². The smallest absolute Gasteiger partial charge is 0.320 e. The minimum Gasteiger partial charge on any atom is -0.481 e. The second-order valence-corrected chi connectivity index (χ2v) is 6.93. The Morgan fingerprint density at radius 2 is 1.85 bits per heavy atom. The molecule has 0 bridgehead atoms. The molecule has 20 heavy (non-hydrogen) atoms. The monoisotopic (exact) mass is 284 g/mol. The number of rotatable bonds is 3. The van der Waals surface area contributed by atoms with Gasteiger partial charge in [-0.15, -0.1) is 0 Å². The van der Waals surface area contributed by atoms with Gasteiger partial charge in [-0.3, -0.25) is 4.79 Å². The van der Waals surface area contributed by atoms with Gasteiger partial charge in [0.15, 0.2) is 0 Å². The highest BCUT2D eigenvalue weighted by atomic mass is 16.4. The van der Waals surface area contributed by atoms with Crippen molar-refractivity contribution < 1.29 is 14.7 Å². The van der Waals surface area contributed by atoms with Crippen molar-refractivity contribution in [3.05, 3.63) is 0 Å². The first-order valence-corrected chi connectivity index (χ1v) is 7.43. The zero-order valence-corrected chi connectivity index (χ0v) is 13.3. The molecule has 116 valence electrons. The van der Waals surface area contributed by atoms with E-state index in [1.54, 1.807) is 4.90 Å². The van der Waals surface area contributed by atoms with Crippen LogP contribution in [0.5, 0.6) is 0 Å². The van der Waals surface area contributed by atoms with Gasteiger partial charge in [0.2, 0.25) is 0 Å². The maximum Gasteiger partial charge on any atom is 0.320 e. The molecule has 1 aliphatic heterocycles. The minimum absolute atomic E-state index is 0.0131. The molecule has 2 unspecified atom stereocenters. The van der Waals surface area contributed by atoms with Gasteiger partial charge in [0.25, 0.3) is 0 Å². The fourth-order valence-corrected chi connectivity index (χ4v) is 2.64. The number of carboxylic acid groups (broad SMARTS) is 1. The third-order valence-electron chi connectivity index (χ3n) is 3.95. The van der Waals surface area contributed by atoms with Crippen LogP contribution in [0.25, 0.3) is 0 Å². The standard InChI is InChI=1S/C15H28N2O3/c1-11-6-7-12(2)16(10-11)14(20)17(15(3,4)5)9-8-13(18)19/h11-12H,6-10H2,1-5H3,(H,18,19). The molecule has 5 heteroatoms. The van der Waals surface area contributed by atoms with E-state index in [9.17, 15) is 9.59 Å². The van der Waals surface area contributed by atoms with E-state index < -0.39 is 5.97 Å². The highest BCUT2D eigenvalue weighted by Gasteiger charge is 2.34. The van der Waals surface area contributed by atoms with E-state index in [0.29, 0.717) is 5.92 Å². The van der Waals surface area contributed by atoms with Gasteiger partial charge in [-0.1, -0.05) is 6.92 Å². The first kappa shape index (κ1) is 16.8. The molecule has 0 saturated carbocycles. The van der Waals surface area contributed by atoms with Gasteiger partial charge < -0.3 is 14.9 Å². The SMILES string of the molecule is CC1CCC(C)N(C(=O)N(CCC(=O)O)C(C)(C)C)C1. The molecule has 0 aliphatic carbocycles. The maximum absolute atomic E-state index is 12.8. The molecule has 1 fully saturated rings. The van der Waals surface area contributed by atoms with Gasteiger partial charge in [-0.2, -0.15) is 0 Å². The van der Waals surface area contributed by atoms with Crippen molar-refractivity contribution in [2.45, 2.75) is 65.5 Å². The molecule has 0 radical (unpaired) electrons. The Kier molecular flexibility index (Phi) is 5.42. The molecule has 0 aromatic rings. The van der Waals surface area contributed by atoms with E-state index in [-0.39, 0.29) is 30.6 Å². The summed E-state index contributed by atoms with van der Waals surface area (Å²) in [4.78, 5) is 27.2. The number of piperidine rings is 1. The van der Waals surface area contributed by atoms with Crippen LogP contribution < -0.4 is 0 Å². The highest BCUT2D eigenvalue weighted by Crippen LogP contribution is 2.25. The quantitative estimate of drug-likeness (QED) is 0.867. The van der Waals surface area contributed by atoms with Crippen LogP contribution in [0.2, 0.25) is 0 Å². The average molecular weight is 284 g/mol. The molecule has 5 nitrogen and oxygen atoms in total.